The Morgan fingerprint density at radius 1 is 0.846 bits per heavy atom. The third kappa shape index (κ3) is 10.0. The second-order valence-corrected chi connectivity index (χ2v) is 16.4. The van der Waals surface area contributed by atoms with E-state index < -0.39 is 17.3 Å². The standard InChI is InChI=1S/C29H35N3O5S.C10H20N2O2/c1-29(2,3)37-28(34)30-19-8-6-11-31(17-19)27(33)22-15-21(25-9-7-13-38-25)26-20-16-24(36-5)23(35-4)14-18(20)10-12-32(22)26;1-10(2,3)14-9(13)12-8-5-4-6-11-7-8/h7,9,13-16,19H,6,8,10-12,17H2,1-5H3,(H,30,34);8,11H,4-7H2,1-3H3,(H,12,13)/t19-;8-/m00/s1. The van der Waals surface area contributed by atoms with E-state index >= 15 is 0 Å². The van der Waals surface area contributed by atoms with Crippen LogP contribution < -0.4 is 25.4 Å². The lowest BCUT2D eigenvalue weighted by Crippen LogP contribution is -2.50. The molecule has 3 amide bonds. The number of fused-ring (bicyclic) bond motifs is 3. The Kier molecular flexibility index (Phi) is 12.5. The van der Waals surface area contributed by atoms with Crippen LogP contribution in [-0.2, 0) is 22.4 Å². The smallest absolute Gasteiger partial charge is 0.407 e. The normalized spacial score (nSPS) is 18.5. The Morgan fingerprint density at radius 2 is 1.50 bits per heavy atom. The van der Waals surface area contributed by atoms with Gasteiger partial charge in [-0.05, 0) is 115 Å². The molecule has 0 spiro atoms. The van der Waals surface area contributed by atoms with E-state index in [0.29, 0.717) is 36.8 Å². The van der Waals surface area contributed by atoms with Crippen molar-refractivity contribution in [2.45, 2.75) is 103 Å². The molecule has 3 N–H and O–H groups in total. The third-order valence-electron chi connectivity index (χ3n) is 9.02. The van der Waals surface area contributed by atoms with Gasteiger partial charge in [-0.15, -0.1) is 11.3 Å². The zero-order valence-electron chi connectivity index (χ0n) is 31.9. The molecule has 13 heteroatoms. The van der Waals surface area contributed by atoms with Crippen molar-refractivity contribution < 1.29 is 33.3 Å². The largest absolute Gasteiger partial charge is 0.493 e. The average molecular weight is 738 g/mol. The lowest BCUT2D eigenvalue weighted by atomic mass is 9.95. The number of aryl methyl sites for hydroxylation is 1. The van der Waals surface area contributed by atoms with E-state index in [1.165, 1.54) is 5.56 Å². The van der Waals surface area contributed by atoms with Crippen molar-refractivity contribution in [2.75, 3.05) is 40.4 Å². The second-order valence-electron chi connectivity index (χ2n) is 15.5. The number of hydrogen-bond acceptors (Lipinski definition) is 9. The first-order chi connectivity index (χ1) is 24.7. The van der Waals surface area contributed by atoms with Crippen molar-refractivity contribution in [1.82, 2.24) is 25.4 Å². The van der Waals surface area contributed by atoms with Crippen LogP contribution in [0.3, 0.4) is 0 Å². The number of methoxy groups -OCH3 is 2. The number of thiophene rings is 1. The van der Waals surface area contributed by atoms with Gasteiger partial charge in [0, 0.05) is 54.3 Å². The quantitative estimate of drug-likeness (QED) is 0.251. The predicted octanol–water partition coefficient (Wildman–Crippen LogP) is 6.85. The van der Waals surface area contributed by atoms with E-state index in [2.05, 4.69) is 32.0 Å². The molecule has 1 aromatic carbocycles. The highest BCUT2D eigenvalue weighted by Gasteiger charge is 2.33. The molecule has 2 atom stereocenters. The monoisotopic (exact) mass is 737 g/mol. The van der Waals surface area contributed by atoms with Crippen molar-refractivity contribution in [1.29, 1.82) is 0 Å². The summed E-state index contributed by atoms with van der Waals surface area (Å²) in [5.41, 5.74) is 3.98. The van der Waals surface area contributed by atoms with Crippen LogP contribution in [0.4, 0.5) is 9.59 Å². The lowest BCUT2D eigenvalue weighted by Gasteiger charge is -2.34. The summed E-state index contributed by atoms with van der Waals surface area (Å²) in [6.07, 6.45) is 3.79. The van der Waals surface area contributed by atoms with Crippen LogP contribution in [0, 0.1) is 0 Å². The van der Waals surface area contributed by atoms with E-state index in [1.54, 1.807) is 25.6 Å². The number of likely N-dealkylation sites (tertiary alicyclic amines) is 1. The molecule has 3 aliphatic rings. The molecule has 0 bridgehead atoms. The minimum atomic E-state index is -0.569. The van der Waals surface area contributed by atoms with Crippen LogP contribution in [0.1, 0.15) is 83.3 Å². The van der Waals surface area contributed by atoms with Crippen LogP contribution in [0.5, 0.6) is 11.5 Å². The fourth-order valence-corrected chi connectivity index (χ4v) is 7.56. The Bertz CT molecular complexity index is 1700. The first kappa shape index (κ1) is 39.0. The summed E-state index contributed by atoms with van der Waals surface area (Å²) in [7, 11) is 3.28. The molecule has 2 aromatic heterocycles. The van der Waals surface area contributed by atoms with Gasteiger partial charge in [-0.25, -0.2) is 9.59 Å². The zero-order valence-corrected chi connectivity index (χ0v) is 32.7. The van der Waals surface area contributed by atoms with E-state index in [0.717, 1.165) is 66.9 Å². The molecule has 0 unspecified atom stereocenters. The van der Waals surface area contributed by atoms with Crippen molar-refractivity contribution in [2.24, 2.45) is 0 Å². The number of hydrogen-bond donors (Lipinski definition) is 3. The number of carbonyl (C=O) groups is 3. The molecule has 5 heterocycles. The maximum Gasteiger partial charge on any atom is 0.407 e. The van der Waals surface area contributed by atoms with Crippen molar-refractivity contribution in [3.63, 3.8) is 0 Å². The predicted molar refractivity (Wildman–Crippen MR) is 204 cm³/mol. The Balaban J connectivity index is 0.000000314. The number of benzene rings is 1. The molecular formula is C39H55N5O7S. The molecule has 3 aromatic rings. The Hall–Kier alpha value is -4.23. The van der Waals surface area contributed by atoms with Gasteiger partial charge in [0.2, 0.25) is 0 Å². The van der Waals surface area contributed by atoms with Crippen LogP contribution >= 0.6 is 11.3 Å². The second kappa shape index (κ2) is 16.6. The van der Waals surface area contributed by atoms with E-state index in [9.17, 15) is 14.4 Å². The summed E-state index contributed by atoms with van der Waals surface area (Å²) >= 11 is 1.66. The van der Waals surface area contributed by atoms with E-state index in [4.69, 9.17) is 18.9 Å². The number of aromatic nitrogens is 1. The topological polar surface area (TPSA) is 132 Å². The fraction of sp³-hybridized carbons (Fsp3) is 0.564. The molecular weight excluding hydrogens is 683 g/mol. The van der Waals surface area contributed by atoms with Crippen LogP contribution in [0.2, 0.25) is 0 Å². The molecule has 3 aliphatic heterocycles. The highest BCUT2D eigenvalue weighted by Crippen LogP contribution is 2.45. The zero-order chi connectivity index (χ0) is 37.6. The average Bonchev–Trinajstić information content (AvgIpc) is 3.75. The molecule has 0 aliphatic carbocycles. The summed E-state index contributed by atoms with van der Waals surface area (Å²) in [4.78, 5) is 40.7. The SMILES string of the molecule is CC(C)(C)OC(=O)N[C@H]1CCCNC1.COc1cc2c(cc1OC)-c1c(-c3cccs3)cc(C(=O)N3CCC[C@H](NC(=O)OC(C)(C)C)C3)n1CC2. The number of nitrogens with zero attached hydrogens (tertiary/aromatic N) is 2. The molecule has 0 radical (unpaired) electrons. The summed E-state index contributed by atoms with van der Waals surface area (Å²) < 4.78 is 23.9. The van der Waals surface area contributed by atoms with Crippen LogP contribution in [0.15, 0.2) is 35.7 Å². The van der Waals surface area contributed by atoms with Gasteiger partial charge in [-0.3, -0.25) is 4.79 Å². The van der Waals surface area contributed by atoms with Gasteiger partial charge >= 0.3 is 12.2 Å². The maximum atomic E-state index is 14.0. The van der Waals surface area contributed by atoms with Gasteiger partial charge in [0.05, 0.1) is 19.9 Å². The lowest BCUT2D eigenvalue weighted by molar-refractivity contribution is 0.0449. The summed E-state index contributed by atoms with van der Waals surface area (Å²) in [6, 6.07) is 10.3. The van der Waals surface area contributed by atoms with Gasteiger partial charge < -0.3 is 44.4 Å². The van der Waals surface area contributed by atoms with Gasteiger partial charge in [0.15, 0.2) is 11.5 Å². The number of nitrogens with one attached hydrogen (secondary N) is 3. The number of rotatable bonds is 6. The maximum absolute atomic E-state index is 14.0. The van der Waals surface area contributed by atoms with Crippen molar-refractivity contribution in [3.05, 3.63) is 47.0 Å². The van der Waals surface area contributed by atoms with Gasteiger partial charge in [0.1, 0.15) is 16.9 Å². The molecule has 2 saturated heterocycles. The van der Waals surface area contributed by atoms with Crippen molar-refractivity contribution >= 4 is 29.4 Å². The summed E-state index contributed by atoms with van der Waals surface area (Å²) in [6.45, 7) is 14.8. The molecule has 2 fully saturated rings. The number of alkyl carbamates (subject to hydrolysis) is 2. The molecule has 284 valence electrons. The number of ether oxygens (including phenoxy) is 4. The van der Waals surface area contributed by atoms with Gasteiger partial charge in [0.25, 0.3) is 5.91 Å². The van der Waals surface area contributed by atoms with Gasteiger partial charge in [-0.2, -0.15) is 0 Å². The first-order valence-electron chi connectivity index (χ1n) is 18.2. The fourth-order valence-electron chi connectivity index (χ4n) is 6.81. The summed E-state index contributed by atoms with van der Waals surface area (Å²) in [5, 5.41) is 11.1. The van der Waals surface area contributed by atoms with Crippen molar-refractivity contribution in [3.8, 4) is 33.2 Å². The van der Waals surface area contributed by atoms with E-state index in [1.807, 2.05) is 70.7 Å². The minimum Gasteiger partial charge on any atom is -0.493 e. The highest BCUT2D eigenvalue weighted by molar-refractivity contribution is 7.13. The summed E-state index contributed by atoms with van der Waals surface area (Å²) in [5.74, 6) is 1.35. The highest BCUT2D eigenvalue weighted by atomic mass is 32.1. The van der Waals surface area contributed by atoms with Crippen LogP contribution in [0.25, 0.3) is 21.7 Å². The van der Waals surface area contributed by atoms with Crippen LogP contribution in [-0.4, -0.2) is 91.2 Å². The third-order valence-corrected chi connectivity index (χ3v) is 9.92. The first-order valence-corrected chi connectivity index (χ1v) is 19.1. The molecule has 52 heavy (non-hydrogen) atoms. The number of amides is 3. The molecule has 12 nitrogen and oxygen atoms in total. The number of piperidine rings is 2. The minimum absolute atomic E-state index is 0.0197. The molecule has 6 rings (SSSR count). The van der Waals surface area contributed by atoms with Gasteiger partial charge in [-0.1, -0.05) is 6.07 Å². The Morgan fingerprint density at radius 3 is 2.10 bits per heavy atom. The van der Waals surface area contributed by atoms with E-state index in [-0.39, 0.29) is 24.1 Å². The Labute approximate surface area is 311 Å². The number of carbonyl (C=O) groups excluding carboxylic acids is 3. The molecule has 0 saturated carbocycles.